The highest BCUT2D eigenvalue weighted by Gasteiger charge is 2.27. The van der Waals surface area contributed by atoms with Crippen LogP contribution in [0.3, 0.4) is 0 Å². The average Bonchev–Trinajstić information content (AvgIpc) is 2.19. The van der Waals surface area contributed by atoms with Crippen LogP contribution in [0.1, 0.15) is 20.3 Å². The minimum atomic E-state index is -3.71. The highest BCUT2D eigenvalue weighted by molar-refractivity contribution is 9.10. The van der Waals surface area contributed by atoms with Crippen molar-refractivity contribution < 1.29 is 13.5 Å². The third kappa shape index (κ3) is 3.94. The van der Waals surface area contributed by atoms with Crippen LogP contribution in [0.5, 0.6) is 0 Å². The maximum Gasteiger partial charge on any atom is 0.243 e. The van der Waals surface area contributed by atoms with Crippen molar-refractivity contribution in [3.05, 3.63) is 22.7 Å². The van der Waals surface area contributed by atoms with Gasteiger partial charge in [-0.15, -0.1) is 0 Å². The number of aliphatic hydroxyl groups excluding tert-OH is 1. The molecule has 18 heavy (non-hydrogen) atoms. The zero-order valence-corrected chi connectivity index (χ0v) is 12.7. The Hall–Kier alpha value is -0.630. The Morgan fingerprint density at radius 3 is 2.61 bits per heavy atom. The van der Waals surface area contributed by atoms with Crippen molar-refractivity contribution in [2.45, 2.75) is 30.7 Å². The van der Waals surface area contributed by atoms with Gasteiger partial charge >= 0.3 is 0 Å². The number of sulfonamides is 1. The highest BCUT2D eigenvalue weighted by atomic mass is 79.9. The van der Waals surface area contributed by atoms with Crippen LogP contribution in [0, 0.1) is 0 Å². The van der Waals surface area contributed by atoms with Crippen molar-refractivity contribution in [2.75, 3.05) is 12.3 Å². The summed E-state index contributed by atoms with van der Waals surface area (Å²) >= 11 is 3.21. The van der Waals surface area contributed by atoms with Crippen molar-refractivity contribution in [1.29, 1.82) is 0 Å². The number of aliphatic hydroxyl groups is 1. The first-order valence-corrected chi connectivity index (χ1v) is 7.65. The van der Waals surface area contributed by atoms with Crippen molar-refractivity contribution in [3.8, 4) is 0 Å². The summed E-state index contributed by atoms with van der Waals surface area (Å²) in [5.41, 5.74) is 5.13. The zero-order valence-electron chi connectivity index (χ0n) is 10.3. The monoisotopic (exact) mass is 336 g/mol. The summed E-state index contributed by atoms with van der Waals surface area (Å²) in [6.07, 6.45) is 0.320. The van der Waals surface area contributed by atoms with Crippen molar-refractivity contribution >= 4 is 31.6 Å². The van der Waals surface area contributed by atoms with Crippen molar-refractivity contribution in [3.63, 3.8) is 0 Å². The predicted octanol–water partition coefficient (Wildman–Crippen LogP) is 1.47. The van der Waals surface area contributed by atoms with E-state index in [1.165, 1.54) is 12.1 Å². The molecular formula is C11H17BrN2O3S. The molecule has 0 fully saturated rings. The fourth-order valence-electron chi connectivity index (χ4n) is 1.49. The van der Waals surface area contributed by atoms with Gasteiger partial charge in [-0.2, -0.15) is 0 Å². The molecule has 0 atom stereocenters. The molecule has 0 aliphatic rings. The Labute approximate surface area is 116 Å². The van der Waals surface area contributed by atoms with Gasteiger partial charge in [-0.1, -0.05) is 15.9 Å². The van der Waals surface area contributed by atoms with E-state index >= 15 is 0 Å². The van der Waals surface area contributed by atoms with Gasteiger partial charge in [0, 0.05) is 16.6 Å². The molecule has 102 valence electrons. The molecule has 0 aromatic heterocycles. The van der Waals surface area contributed by atoms with Gasteiger partial charge in [0.05, 0.1) is 5.69 Å². The second kappa shape index (κ2) is 5.56. The van der Waals surface area contributed by atoms with E-state index < -0.39 is 15.6 Å². The van der Waals surface area contributed by atoms with Crippen LogP contribution in [-0.2, 0) is 10.0 Å². The smallest absolute Gasteiger partial charge is 0.243 e. The molecule has 0 saturated heterocycles. The van der Waals surface area contributed by atoms with E-state index in [0.29, 0.717) is 10.9 Å². The molecule has 7 heteroatoms. The summed E-state index contributed by atoms with van der Waals surface area (Å²) in [6.45, 7) is 3.31. The lowest BCUT2D eigenvalue weighted by Crippen LogP contribution is -2.44. The van der Waals surface area contributed by atoms with Crippen LogP contribution in [0.15, 0.2) is 27.6 Å². The largest absolute Gasteiger partial charge is 0.398 e. The third-order valence-corrected chi connectivity index (χ3v) is 4.66. The predicted molar refractivity (Wildman–Crippen MR) is 74.7 cm³/mol. The first-order valence-electron chi connectivity index (χ1n) is 5.38. The van der Waals surface area contributed by atoms with Crippen LogP contribution in [-0.4, -0.2) is 25.7 Å². The number of benzene rings is 1. The zero-order chi connectivity index (χ0) is 14.0. The summed E-state index contributed by atoms with van der Waals surface area (Å²) in [5, 5.41) is 8.90. The third-order valence-electron chi connectivity index (χ3n) is 2.41. The molecule has 5 nitrogen and oxygen atoms in total. The SMILES string of the molecule is CC(C)(CCO)NS(=O)(=O)c1cc(Br)ccc1N. The van der Waals surface area contributed by atoms with Crippen LogP contribution in [0.25, 0.3) is 0 Å². The lowest BCUT2D eigenvalue weighted by Gasteiger charge is -2.25. The number of halogens is 1. The van der Waals surface area contributed by atoms with Crippen molar-refractivity contribution in [2.24, 2.45) is 0 Å². The fourth-order valence-corrected chi connectivity index (χ4v) is 3.60. The molecule has 1 aromatic rings. The molecule has 0 bridgehead atoms. The molecule has 0 aliphatic heterocycles. The van der Waals surface area contributed by atoms with E-state index in [9.17, 15) is 8.42 Å². The Kier molecular flexibility index (Phi) is 4.77. The second-order valence-electron chi connectivity index (χ2n) is 4.65. The van der Waals surface area contributed by atoms with Gasteiger partial charge in [0.25, 0.3) is 0 Å². The molecule has 1 rings (SSSR count). The van der Waals surface area contributed by atoms with Crippen LogP contribution < -0.4 is 10.5 Å². The molecule has 0 amide bonds. The first kappa shape index (κ1) is 15.4. The summed E-state index contributed by atoms with van der Waals surface area (Å²) < 4.78 is 27.6. The quantitative estimate of drug-likeness (QED) is 0.710. The molecular weight excluding hydrogens is 320 g/mol. The van der Waals surface area contributed by atoms with Gasteiger partial charge in [0.1, 0.15) is 4.90 Å². The minimum Gasteiger partial charge on any atom is -0.398 e. The van der Waals surface area contributed by atoms with Gasteiger partial charge in [-0.25, -0.2) is 13.1 Å². The molecule has 0 aliphatic carbocycles. The number of nitrogen functional groups attached to an aromatic ring is 1. The van der Waals surface area contributed by atoms with E-state index in [-0.39, 0.29) is 17.2 Å². The Balaban J connectivity index is 3.11. The van der Waals surface area contributed by atoms with E-state index in [1.54, 1.807) is 19.9 Å². The van der Waals surface area contributed by atoms with Gasteiger partial charge < -0.3 is 10.8 Å². The summed E-state index contributed by atoms with van der Waals surface area (Å²) in [5.74, 6) is 0. The number of hydrogen-bond donors (Lipinski definition) is 3. The maximum atomic E-state index is 12.2. The van der Waals surface area contributed by atoms with E-state index in [1.807, 2.05) is 0 Å². The average molecular weight is 337 g/mol. The molecule has 4 N–H and O–H groups in total. The number of hydrogen-bond acceptors (Lipinski definition) is 4. The number of rotatable bonds is 5. The molecule has 1 aromatic carbocycles. The number of anilines is 1. The van der Waals surface area contributed by atoms with Crippen LogP contribution >= 0.6 is 15.9 Å². The number of nitrogens with one attached hydrogen (secondary N) is 1. The Bertz CT molecular complexity index is 529. The van der Waals surface area contributed by atoms with E-state index in [2.05, 4.69) is 20.7 Å². The van der Waals surface area contributed by atoms with Gasteiger partial charge in [0.2, 0.25) is 10.0 Å². The fraction of sp³-hybridized carbons (Fsp3) is 0.455. The summed E-state index contributed by atoms with van der Waals surface area (Å²) in [6, 6.07) is 4.65. The lowest BCUT2D eigenvalue weighted by molar-refractivity contribution is 0.246. The maximum absolute atomic E-state index is 12.2. The molecule has 0 heterocycles. The normalized spacial score (nSPS) is 12.7. The lowest BCUT2D eigenvalue weighted by atomic mass is 10.0. The Morgan fingerprint density at radius 2 is 2.06 bits per heavy atom. The molecule has 0 saturated carbocycles. The van der Waals surface area contributed by atoms with Crippen molar-refractivity contribution in [1.82, 2.24) is 4.72 Å². The standard InChI is InChI=1S/C11H17BrN2O3S/c1-11(2,5-6-15)14-18(16,17)10-7-8(12)3-4-9(10)13/h3-4,7,14-15H,5-6,13H2,1-2H3. The van der Waals surface area contributed by atoms with Gasteiger partial charge in [-0.05, 0) is 38.5 Å². The van der Waals surface area contributed by atoms with E-state index in [0.717, 1.165) is 0 Å². The first-order chi connectivity index (χ1) is 8.18. The summed E-state index contributed by atoms with van der Waals surface area (Å²) in [4.78, 5) is 0.0305. The molecule has 0 unspecified atom stereocenters. The molecule has 0 spiro atoms. The van der Waals surface area contributed by atoms with Crippen LogP contribution in [0.4, 0.5) is 5.69 Å². The van der Waals surface area contributed by atoms with Gasteiger partial charge in [-0.3, -0.25) is 0 Å². The molecule has 0 radical (unpaired) electrons. The second-order valence-corrected chi connectivity index (χ2v) is 7.21. The highest BCUT2D eigenvalue weighted by Crippen LogP contribution is 2.24. The Morgan fingerprint density at radius 1 is 1.44 bits per heavy atom. The number of nitrogens with two attached hydrogens (primary N) is 1. The topological polar surface area (TPSA) is 92.4 Å². The van der Waals surface area contributed by atoms with Gasteiger partial charge in [0.15, 0.2) is 0 Å². The summed E-state index contributed by atoms with van der Waals surface area (Å²) in [7, 11) is -3.71. The van der Waals surface area contributed by atoms with Crippen LogP contribution in [0.2, 0.25) is 0 Å². The van der Waals surface area contributed by atoms with E-state index in [4.69, 9.17) is 10.8 Å². The minimum absolute atomic E-state index is 0.0305.